The van der Waals surface area contributed by atoms with E-state index in [-0.39, 0.29) is 17.9 Å². The van der Waals surface area contributed by atoms with Crippen LogP contribution in [0, 0.1) is 11.8 Å². The van der Waals surface area contributed by atoms with Gasteiger partial charge < -0.3 is 9.47 Å². The summed E-state index contributed by atoms with van der Waals surface area (Å²) in [6.45, 7) is 5.64. The van der Waals surface area contributed by atoms with Gasteiger partial charge in [-0.25, -0.2) is 0 Å². The Balaban J connectivity index is 2.23. The maximum Gasteiger partial charge on any atom is 0.308 e. The number of carbonyl (C=O) groups excluding carboxylic acids is 2. The third-order valence-electron chi connectivity index (χ3n) is 3.56. The first-order valence-corrected chi connectivity index (χ1v) is 7.11. The summed E-state index contributed by atoms with van der Waals surface area (Å²) >= 11 is 0. The van der Waals surface area contributed by atoms with E-state index in [9.17, 15) is 9.59 Å². The van der Waals surface area contributed by atoms with Crippen LogP contribution >= 0.6 is 0 Å². The molecule has 19 heavy (non-hydrogen) atoms. The topological polar surface area (TPSA) is 52.6 Å². The molecule has 1 aliphatic rings. The normalized spacial score (nSPS) is 23.8. The van der Waals surface area contributed by atoms with Crippen molar-refractivity contribution in [2.75, 3.05) is 7.11 Å². The standard InChI is InChI=1S/C15H26O4/c1-15(2,3)19-13(16)10-7-11-5-8-12(9-6-11)14(17)18-4/h11-12H,5-10H2,1-4H3/t11-,12-. The molecule has 0 spiro atoms. The Morgan fingerprint density at radius 1 is 1.11 bits per heavy atom. The lowest BCUT2D eigenvalue weighted by Crippen LogP contribution is -2.25. The highest BCUT2D eigenvalue weighted by atomic mass is 16.6. The zero-order valence-electron chi connectivity index (χ0n) is 12.5. The molecular weight excluding hydrogens is 244 g/mol. The van der Waals surface area contributed by atoms with Gasteiger partial charge in [0.05, 0.1) is 13.0 Å². The van der Waals surface area contributed by atoms with Gasteiger partial charge in [-0.3, -0.25) is 9.59 Å². The highest BCUT2D eigenvalue weighted by Crippen LogP contribution is 2.32. The SMILES string of the molecule is COC(=O)[C@H]1CC[C@H](CCC(=O)OC(C)(C)C)CC1. The van der Waals surface area contributed by atoms with Gasteiger partial charge in [0.25, 0.3) is 0 Å². The fourth-order valence-corrected chi connectivity index (χ4v) is 2.57. The largest absolute Gasteiger partial charge is 0.469 e. The Morgan fingerprint density at radius 2 is 1.68 bits per heavy atom. The Kier molecular flexibility index (Phi) is 5.83. The van der Waals surface area contributed by atoms with E-state index < -0.39 is 5.60 Å². The molecule has 1 fully saturated rings. The maximum absolute atomic E-state index is 11.6. The highest BCUT2D eigenvalue weighted by Gasteiger charge is 2.27. The van der Waals surface area contributed by atoms with Gasteiger partial charge in [-0.1, -0.05) is 0 Å². The van der Waals surface area contributed by atoms with Crippen LogP contribution in [0.3, 0.4) is 0 Å². The van der Waals surface area contributed by atoms with Crippen LogP contribution in [0.2, 0.25) is 0 Å². The molecule has 110 valence electrons. The number of methoxy groups -OCH3 is 1. The summed E-state index contributed by atoms with van der Waals surface area (Å²) in [5.41, 5.74) is -0.403. The van der Waals surface area contributed by atoms with Crippen LogP contribution in [0.1, 0.15) is 59.3 Å². The van der Waals surface area contributed by atoms with Crippen molar-refractivity contribution in [1.29, 1.82) is 0 Å². The first-order chi connectivity index (χ1) is 8.81. The predicted octanol–water partition coefficient (Wildman–Crippen LogP) is 3.09. The van der Waals surface area contributed by atoms with Gasteiger partial charge in [-0.15, -0.1) is 0 Å². The lowest BCUT2D eigenvalue weighted by molar-refractivity contribution is -0.155. The van der Waals surface area contributed by atoms with Crippen molar-refractivity contribution < 1.29 is 19.1 Å². The van der Waals surface area contributed by atoms with Crippen molar-refractivity contribution in [1.82, 2.24) is 0 Å². The minimum absolute atomic E-state index is 0.0581. The molecule has 0 unspecified atom stereocenters. The zero-order valence-corrected chi connectivity index (χ0v) is 12.5. The Morgan fingerprint density at radius 3 is 2.16 bits per heavy atom. The third-order valence-corrected chi connectivity index (χ3v) is 3.56. The number of ether oxygens (including phenoxy) is 2. The molecule has 0 radical (unpaired) electrons. The van der Waals surface area contributed by atoms with Crippen LogP contribution in [0.15, 0.2) is 0 Å². The summed E-state index contributed by atoms with van der Waals surface area (Å²) in [6.07, 6.45) is 5.11. The minimum atomic E-state index is -0.403. The number of hydrogen-bond acceptors (Lipinski definition) is 4. The average Bonchev–Trinajstić information content (AvgIpc) is 2.34. The first kappa shape index (κ1) is 16.0. The van der Waals surface area contributed by atoms with E-state index in [0.717, 1.165) is 32.1 Å². The van der Waals surface area contributed by atoms with E-state index in [2.05, 4.69) is 0 Å². The van der Waals surface area contributed by atoms with Crippen LogP contribution in [-0.4, -0.2) is 24.6 Å². The number of hydrogen-bond donors (Lipinski definition) is 0. The Bertz CT molecular complexity index is 309. The fraction of sp³-hybridized carbons (Fsp3) is 0.867. The number of esters is 2. The van der Waals surface area contributed by atoms with E-state index >= 15 is 0 Å². The summed E-state index contributed by atoms with van der Waals surface area (Å²) < 4.78 is 10.1. The molecule has 4 heteroatoms. The molecule has 0 aromatic heterocycles. The Hall–Kier alpha value is -1.06. The second-order valence-electron chi connectivity index (χ2n) is 6.37. The molecule has 0 atom stereocenters. The molecule has 4 nitrogen and oxygen atoms in total. The second kappa shape index (κ2) is 6.92. The molecule has 1 saturated carbocycles. The monoisotopic (exact) mass is 270 g/mol. The fourth-order valence-electron chi connectivity index (χ4n) is 2.57. The lowest BCUT2D eigenvalue weighted by Gasteiger charge is -2.27. The van der Waals surface area contributed by atoms with Crippen LogP contribution in [0.4, 0.5) is 0 Å². The maximum atomic E-state index is 11.6. The molecule has 0 heterocycles. The summed E-state index contributed by atoms with van der Waals surface area (Å²) in [6, 6.07) is 0. The van der Waals surface area contributed by atoms with Crippen LogP contribution in [0.25, 0.3) is 0 Å². The molecule has 0 aliphatic heterocycles. The van der Waals surface area contributed by atoms with E-state index in [4.69, 9.17) is 9.47 Å². The quantitative estimate of drug-likeness (QED) is 0.737. The van der Waals surface area contributed by atoms with E-state index in [1.165, 1.54) is 7.11 Å². The van der Waals surface area contributed by atoms with Crippen molar-refractivity contribution in [2.24, 2.45) is 11.8 Å². The van der Waals surface area contributed by atoms with E-state index in [1.54, 1.807) is 0 Å². The molecule has 0 amide bonds. The average molecular weight is 270 g/mol. The van der Waals surface area contributed by atoms with Crippen LogP contribution in [0.5, 0.6) is 0 Å². The minimum Gasteiger partial charge on any atom is -0.469 e. The van der Waals surface area contributed by atoms with Gasteiger partial charge in [0.15, 0.2) is 0 Å². The van der Waals surface area contributed by atoms with Crippen LogP contribution < -0.4 is 0 Å². The third kappa shape index (κ3) is 6.08. The van der Waals surface area contributed by atoms with Gasteiger partial charge in [-0.05, 0) is 58.8 Å². The summed E-state index contributed by atoms with van der Waals surface area (Å²) in [5.74, 6) is 0.379. The molecule has 0 aromatic rings. The van der Waals surface area contributed by atoms with Crippen molar-refractivity contribution in [3.63, 3.8) is 0 Å². The molecule has 1 aliphatic carbocycles. The smallest absolute Gasteiger partial charge is 0.308 e. The second-order valence-corrected chi connectivity index (χ2v) is 6.37. The highest BCUT2D eigenvalue weighted by molar-refractivity contribution is 5.72. The predicted molar refractivity (Wildman–Crippen MR) is 72.5 cm³/mol. The summed E-state index contributed by atoms with van der Waals surface area (Å²) in [4.78, 5) is 23.0. The lowest BCUT2D eigenvalue weighted by atomic mass is 9.80. The molecule has 0 bridgehead atoms. The molecule has 0 aromatic carbocycles. The zero-order chi connectivity index (χ0) is 14.5. The number of rotatable bonds is 4. The molecule has 0 N–H and O–H groups in total. The van der Waals surface area contributed by atoms with Gasteiger partial charge in [0.1, 0.15) is 5.60 Å². The van der Waals surface area contributed by atoms with Gasteiger partial charge in [0.2, 0.25) is 0 Å². The first-order valence-electron chi connectivity index (χ1n) is 7.11. The summed E-state index contributed by atoms with van der Waals surface area (Å²) in [5, 5.41) is 0. The van der Waals surface area contributed by atoms with Crippen molar-refractivity contribution in [2.45, 2.75) is 64.9 Å². The van der Waals surface area contributed by atoms with Gasteiger partial charge in [0, 0.05) is 6.42 Å². The molecular formula is C15H26O4. The van der Waals surface area contributed by atoms with E-state index in [0.29, 0.717) is 12.3 Å². The van der Waals surface area contributed by atoms with Crippen LogP contribution in [-0.2, 0) is 19.1 Å². The molecule has 0 saturated heterocycles. The van der Waals surface area contributed by atoms with Gasteiger partial charge in [-0.2, -0.15) is 0 Å². The Labute approximate surface area is 115 Å². The molecule has 1 rings (SSSR count). The van der Waals surface area contributed by atoms with Crippen molar-refractivity contribution in [3.05, 3.63) is 0 Å². The van der Waals surface area contributed by atoms with Crippen molar-refractivity contribution >= 4 is 11.9 Å². The van der Waals surface area contributed by atoms with Crippen molar-refractivity contribution in [3.8, 4) is 0 Å². The number of carbonyl (C=O) groups is 2. The van der Waals surface area contributed by atoms with E-state index in [1.807, 2.05) is 20.8 Å². The summed E-state index contributed by atoms with van der Waals surface area (Å²) in [7, 11) is 1.44. The van der Waals surface area contributed by atoms with Gasteiger partial charge >= 0.3 is 11.9 Å².